The summed E-state index contributed by atoms with van der Waals surface area (Å²) >= 11 is 7.20. The van der Waals surface area contributed by atoms with Crippen molar-refractivity contribution in [2.45, 2.75) is 17.7 Å². The second-order valence-corrected chi connectivity index (χ2v) is 10.8. The number of H-pyrrole nitrogens is 1. The molecule has 1 aliphatic heterocycles. The molecule has 5 rings (SSSR count). The van der Waals surface area contributed by atoms with Crippen molar-refractivity contribution in [3.8, 4) is 5.69 Å². The fourth-order valence-electron chi connectivity index (χ4n) is 4.10. The maximum Gasteiger partial charge on any atom is 0.337 e. The molecule has 0 spiro atoms. The normalized spacial score (nSPS) is 13.7. The van der Waals surface area contributed by atoms with E-state index in [1.807, 2.05) is 12.1 Å². The monoisotopic (exact) mass is 517 g/mol. The molecule has 174 valence electrons. The number of halogens is 1. The van der Waals surface area contributed by atoms with E-state index in [1.54, 1.807) is 12.1 Å². The van der Waals surface area contributed by atoms with Gasteiger partial charge in [-0.2, -0.15) is 0 Å². The number of anilines is 1. The molecule has 0 aliphatic carbocycles. The fourth-order valence-corrected chi connectivity index (χ4v) is 6.78. The highest BCUT2D eigenvalue weighted by atomic mass is 35.5. The molecule has 0 bridgehead atoms. The van der Waals surface area contributed by atoms with Crippen LogP contribution in [0.15, 0.2) is 62.3 Å². The second-order valence-electron chi connectivity index (χ2n) is 7.65. The number of nitrogens with zero attached hydrogens (tertiary/aromatic N) is 2. The van der Waals surface area contributed by atoms with Gasteiger partial charge in [0, 0.05) is 11.9 Å². The summed E-state index contributed by atoms with van der Waals surface area (Å²) in [5.74, 6) is -1.33. The Hall–Kier alpha value is -3.41. The third-order valence-corrected chi connectivity index (χ3v) is 8.70. The lowest BCUT2D eigenvalue weighted by Crippen LogP contribution is -2.36. The van der Waals surface area contributed by atoms with Crippen LogP contribution in [0.3, 0.4) is 0 Å². The number of sulfonamides is 1. The molecule has 0 fully saturated rings. The van der Waals surface area contributed by atoms with E-state index in [4.69, 9.17) is 11.6 Å². The van der Waals surface area contributed by atoms with Crippen LogP contribution in [0.25, 0.3) is 15.9 Å². The van der Waals surface area contributed by atoms with Crippen molar-refractivity contribution in [2.24, 2.45) is 0 Å². The van der Waals surface area contributed by atoms with Gasteiger partial charge in [0.05, 0.1) is 32.2 Å². The van der Waals surface area contributed by atoms with Gasteiger partial charge in [-0.05, 0) is 42.7 Å². The number of rotatable bonds is 4. The Morgan fingerprint density at radius 2 is 1.88 bits per heavy atom. The van der Waals surface area contributed by atoms with E-state index in [0.29, 0.717) is 16.7 Å². The number of aromatic carboxylic acids is 1. The van der Waals surface area contributed by atoms with E-state index in [9.17, 15) is 27.9 Å². The number of thiophene rings is 1. The third-order valence-electron chi connectivity index (χ3n) is 5.68. The Morgan fingerprint density at radius 1 is 1.12 bits per heavy atom. The number of carboxylic acids is 1. The summed E-state index contributed by atoms with van der Waals surface area (Å²) in [5.41, 5.74) is -0.717. The molecule has 34 heavy (non-hydrogen) atoms. The number of nitrogens with one attached hydrogen (secondary N) is 1. The van der Waals surface area contributed by atoms with Crippen molar-refractivity contribution >= 4 is 54.8 Å². The van der Waals surface area contributed by atoms with Crippen molar-refractivity contribution < 1.29 is 18.3 Å². The number of carbonyl (C=O) groups is 1. The molecule has 0 amide bonds. The maximum absolute atomic E-state index is 13.6. The number of aromatic nitrogens is 2. The Bertz CT molecular complexity index is 1700. The molecule has 0 unspecified atom stereocenters. The lowest BCUT2D eigenvalue weighted by Gasteiger charge is -2.30. The first-order chi connectivity index (χ1) is 16.2. The molecule has 2 N–H and O–H groups in total. The summed E-state index contributed by atoms with van der Waals surface area (Å²) in [7, 11) is -4.05. The van der Waals surface area contributed by atoms with Gasteiger partial charge in [-0.15, -0.1) is 11.3 Å². The Kier molecular flexibility index (Phi) is 5.34. The van der Waals surface area contributed by atoms with Gasteiger partial charge >= 0.3 is 11.7 Å². The van der Waals surface area contributed by atoms with Gasteiger partial charge in [-0.1, -0.05) is 29.8 Å². The molecule has 3 heterocycles. The SMILES string of the molecule is O=C(O)c1csc2[nH]c(=O)n(-c3cc(S(=O)(=O)N4CCCc5ccccc54)ccc3Cl)c(=O)c12. The summed E-state index contributed by atoms with van der Waals surface area (Å²) in [5, 5.41) is 10.4. The highest BCUT2D eigenvalue weighted by molar-refractivity contribution is 7.92. The average Bonchev–Trinajstić information content (AvgIpc) is 3.24. The molecule has 1 aliphatic rings. The lowest BCUT2D eigenvalue weighted by molar-refractivity contribution is 0.0699. The van der Waals surface area contributed by atoms with Gasteiger partial charge in [0.15, 0.2) is 0 Å². The smallest absolute Gasteiger partial charge is 0.337 e. The molecule has 2 aromatic carbocycles. The molecule has 9 nitrogen and oxygen atoms in total. The number of fused-ring (bicyclic) bond motifs is 2. The molecule has 2 aromatic heterocycles. The van der Waals surface area contributed by atoms with Gasteiger partial charge < -0.3 is 5.11 Å². The fraction of sp³-hybridized carbons (Fsp3) is 0.136. The molecule has 0 saturated carbocycles. The summed E-state index contributed by atoms with van der Waals surface area (Å²) in [6, 6.07) is 11.0. The molecular weight excluding hydrogens is 502 g/mol. The lowest BCUT2D eigenvalue weighted by atomic mass is 10.0. The van der Waals surface area contributed by atoms with E-state index < -0.39 is 27.2 Å². The molecule has 0 atom stereocenters. The van der Waals surface area contributed by atoms with E-state index in [1.165, 1.54) is 21.8 Å². The summed E-state index contributed by atoms with van der Waals surface area (Å²) in [6.45, 7) is 0.278. The number of aromatic amines is 1. The van der Waals surface area contributed by atoms with Crippen molar-refractivity contribution in [2.75, 3.05) is 10.8 Å². The third kappa shape index (κ3) is 3.44. The number of hydrogen-bond acceptors (Lipinski definition) is 6. The minimum Gasteiger partial charge on any atom is -0.478 e. The quantitative estimate of drug-likeness (QED) is 0.427. The molecule has 4 aromatic rings. The minimum atomic E-state index is -4.05. The van der Waals surface area contributed by atoms with Crippen LogP contribution < -0.4 is 15.6 Å². The highest BCUT2D eigenvalue weighted by Crippen LogP contribution is 2.33. The van der Waals surface area contributed by atoms with Crippen LogP contribution in [0.4, 0.5) is 5.69 Å². The largest absolute Gasteiger partial charge is 0.478 e. The van der Waals surface area contributed by atoms with Crippen LogP contribution in [0, 0.1) is 0 Å². The van der Waals surface area contributed by atoms with Crippen LogP contribution >= 0.6 is 22.9 Å². The number of hydrogen-bond donors (Lipinski definition) is 2. The second kappa shape index (κ2) is 8.12. The van der Waals surface area contributed by atoms with Crippen molar-refractivity contribution in [1.82, 2.24) is 9.55 Å². The van der Waals surface area contributed by atoms with Gasteiger partial charge in [0.1, 0.15) is 4.83 Å². The number of para-hydroxylation sites is 1. The number of carboxylic acid groups (broad SMARTS) is 1. The Labute approximate surface area is 201 Å². The summed E-state index contributed by atoms with van der Waals surface area (Å²) in [6.07, 6.45) is 1.40. The predicted molar refractivity (Wildman–Crippen MR) is 129 cm³/mol. The minimum absolute atomic E-state index is 0.0444. The first kappa shape index (κ1) is 22.4. The highest BCUT2D eigenvalue weighted by Gasteiger charge is 2.30. The van der Waals surface area contributed by atoms with Crippen molar-refractivity contribution in [1.29, 1.82) is 0 Å². The van der Waals surface area contributed by atoms with Crippen LogP contribution in [0.5, 0.6) is 0 Å². The zero-order valence-corrected chi connectivity index (χ0v) is 19.7. The summed E-state index contributed by atoms with van der Waals surface area (Å²) in [4.78, 5) is 39.9. The molecule has 0 saturated heterocycles. The van der Waals surface area contributed by atoms with E-state index in [2.05, 4.69) is 4.98 Å². The maximum atomic E-state index is 13.6. The van der Waals surface area contributed by atoms with Gasteiger partial charge in [0.2, 0.25) is 0 Å². The first-order valence-corrected chi connectivity index (χ1v) is 12.8. The summed E-state index contributed by atoms with van der Waals surface area (Å²) < 4.78 is 29.1. The van der Waals surface area contributed by atoms with Gasteiger partial charge in [-0.3, -0.25) is 14.1 Å². The van der Waals surface area contributed by atoms with Crippen LogP contribution in [-0.4, -0.2) is 35.6 Å². The van der Waals surface area contributed by atoms with Crippen molar-refractivity contribution in [3.63, 3.8) is 0 Å². The molecule has 12 heteroatoms. The standard InChI is InChI=1S/C22H16ClN3O6S2/c23-15-8-7-13(34(31,32)25-9-3-5-12-4-1-2-6-16(12)25)10-17(15)26-20(27)18-14(21(28)29)11-33-19(18)24-22(26)30/h1-2,4,6-8,10-11H,3,5,9H2,(H,24,30)(H,28,29). The Morgan fingerprint density at radius 3 is 2.65 bits per heavy atom. The van der Waals surface area contributed by atoms with Gasteiger partial charge in [0.25, 0.3) is 15.6 Å². The average molecular weight is 518 g/mol. The number of benzene rings is 2. The van der Waals surface area contributed by atoms with E-state index in [0.717, 1.165) is 29.4 Å². The van der Waals surface area contributed by atoms with Gasteiger partial charge in [-0.25, -0.2) is 22.6 Å². The van der Waals surface area contributed by atoms with Crippen molar-refractivity contribution in [3.05, 3.63) is 84.8 Å². The Balaban J connectivity index is 1.71. The molecular formula is C22H16ClN3O6S2. The zero-order chi connectivity index (χ0) is 24.2. The van der Waals surface area contributed by atoms with E-state index >= 15 is 0 Å². The number of aryl methyl sites for hydroxylation is 1. The predicted octanol–water partition coefficient (Wildman–Crippen LogP) is 3.23. The first-order valence-electron chi connectivity index (χ1n) is 10.1. The van der Waals surface area contributed by atoms with Crippen LogP contribution in [0.2, 0.25) is 5.02 Å². The van der Waals surface area contributed by atoms with Crippen LogP contribution in [0.1, 0.15) is 22.3 Å². The topological polar surface area (TPSA) is 130 Å². The van der Waals surface area contributed by atoms with Crippen LogP contribution in [-0.2, 0) is 16.4 Å². The zero-order valence-electron chi connectivity index (χ0n) is 17.3. The molecule has 0 radical (unpaired) electrons. The van der Waals surface area contributed by atoms with E-state index in [-0.39, 0.29) is 37.9 Å².